The van der Waals surface area contributed by atoms with E-state index in [9.17, 15) is 0 Å². The highest BCUT2D eigenvalue weighted by molar-refractivity contribution is 6.33. The molecular weight excluding hydrogens is 1930 g/mol. The Morgan fingerprint density at radius 2 is 0.370 bits per heavy atom. The topological polar surface area (TPSA) is 374 Å². The van der Waals surface area contributed by atoms with Crippen molar-refractivity contribution in [3.63, 3.8) is 0 Å². The summed E-state index contributed by atoms with van der Waals surface area (Å²) >= 11 is 30.3. The molecule has 0 atom stereocenters. The summed E-state index contributed by atoms with van der Waals surface area (Å²) < 4.78 is 0. The number of halogens is 5. The molecule has 35 heteroatoms. The lowest BCUT2D eigenvalue weighted by Crippen LogP contribution is -2.15. The van der Waals surface area contributed by atoms with Crippen LogP contribution < -0.4 is 79.8 Å². The average molecular weight is 2080 g/mol. The van der Waals surface area contributed by atoms with Crippen LogP contribution in [-0.4, -0.2) is 173 Å². The summed E-state index contributed by atoms with van der Waals surface area (Å²) in [5, 5.41) is 59.8. The fourth-order valence-corrected chi connectivity index (χ4v) is 16.6. The van der Waals surface area contributed by atoms with E-state index in [2.05, 4.69) is 189 Å². The van der Waals surface area contributed by atoms with Crippen molar-refractivity contribution in [3.8, 4) is 0 Å². The number of hydrogen-bond donors (Lipinski definition) is 15. The van der Waals surface area contributed by atoms with Gasteiger partial charge < -0.3 is 79.8 Å². The van der Waals surface area contributed by atoms with E-state index in [4.69, 9.17) is 58.0 Å². The molecule has 10 aromatic heterocycles. The standard InChI is InChI=1S/2C23H31ClN6.2C22H29ClN6.C21H27ClN6/c1-3-4-5-13-28-23-29-17(2)15-22(30-23)27-12-7-6-11-25-20-10-14-26-21-16-18(24)8-9-19(20)21;1-3-4-5-6-7-11-28-23-29-17(2)15-22(30-23)27-14-13-26-20-10-12-25-21-16-18(24)8-9-19(20)21;1-3-4-10-27-22-28-16(2)14-21(29-22)26-12-6-5-11-24-19-9-13-25-20-15-17(23)7-8-18(19)20;1-3-4-5-6-10-27-22-28-16(2)14-21(29-22)26-13-12-25-19-9-11-24-20-15-17(23)7-8-18(19)20;1-3-9-26-21-27-15(2)13-20(28-21)25-11-5-4-10-23-18-8-12-24-19-14-16(22)6-7-17(18)19/h8-10,14-16H,3-7,11-13H2,1-2H3,(H,25,26)(H2,27,28,29,30);8-10,12,15-16H,3-7,11,13-14H2,1-2H3,(H,25,26)(H2,27,28,29,30);7-9,13-15H,3-6,10-12H2,1-2H3,(H,24,25)(H2,26,27,28,29);7-9,11,14-15H,3-6,10,12-13H2,1-2H3,(H,24,25)(H2,26,27,28,29);6-8,12-14H,3-5,9-11H2,1-2H3,(H,23,24)(H2,25,26,27,28). The number of fused-ring (bicyclic) bond motifs is 5. The number of rotatable bonds is 56. The molecule has 146 heavy (non-hydrogen) atoms. The van der Waals surface area contributed by atoms with Gasteiger partial charge >= 0.3 is 0 Å². The number of aryl methyl sites for hydroxylation is 5. The number of nitrogens with one attached hydrogen (secondary N) is 15. The average Bonchev–Trinajstić information content (AvgIpc) is 0.831. The summed E-state index contributed by atoms with van der Waals surface area (Å²) in [5.74, 6) is 7.78. The Balaban J connectivity index is 0.000000174. The molecule has 0 aliphatic rings. The summed E-state index contributed by atoms with van der Waals surface area (Å²) in [6.07, 6.45) is 33.4. The predicted octanol–water partition coefficient (Wildman–Crippen LogP) is 27.9. The smallest absolute Gasteiger partial charge is 0.224 e. The van der Waals surface area contributed by atoms with Crippen LogP contribution in [0.3, 0.4) is 0 Å². The van der Waals surface area contributed by atoms with E-state index >= 15 is 0 Å². The van der Waals surface area contributed by atoms with Gasteiger partial charge in [0.05, 0.1) is 27.6 Å². The first-order valence-electron chi connectivity index (χ1n) is 51.9. The number of anilines is 15. The first kappa shape index (κ1) is 113. The van der Waals surface area contributed by atoms with E-state index in [1.807, 2.05) is 205 Å². The second-order valence-electron chi connectivity index (χ2n) is 35.7. The minimum Gasteiger partial charge on any atom is -0.384 e. The Labute approximate surface area is 886 Å². The van der Waals surface area contributed by atoms with Gasteiger partial charge in [-0.05, 0) is 227 Å². The normalized spacial score (nSPS) is 10.9. The van der Waals surface area contributed by atoms with Gasteiger partial charge in [0.1, 0.15) is 29.1 Å². The Hall–Kier alpha value is -13.0. The Bertz CT molecular complexity index is 6450. The van der Waals surface area contributed by atoms with Crippen LogP contribution in [0.5, 0.6) is 0 Å². The third kappa shape index (κ3) is 40.8. The summed E-state index contributed by atoms with van der Waals surface area (Å²) in [5.41, 5.74) is 14.7. The molecule has 0 saturated carbocycles. The molecule has 15 rings (SSSR count). The molecule has 15 N–H and O–H groups in total. The quantitative estimate of drug-likeness (QED) is 0.0157. The molecule has 0 bridgehead atoms. The molecule has 0 saturated heterocycles. The summed E-state index contributed by atoms with van der Waals surface area (Å²) in [4.78, 5) is 67.0. The van der Waals surface area contributed by atoms with Crippen LogP contribution in [0.4, 0.5) is 87.3 Å². The lowest BCUT2D eigenvalue weighted by atomic mass is 10.1. The van der Waals surface area contributed by atoms with E-state index in [0.29, 0.717) is 54.9 Å². The van der Waals surface area contributed by atoms with Crippen LogP contribution in [0.25, 0.3) is 54.5 Å². The van der Waals surface area contributed by atoms with Gasteiger partial charge in [0, 0.05) is 268 Å². The van der Waals surface area contributed by atoms with Crippen LogP contribution in [-0.2, 0) is 0 Å². The third-order valence-electron chi connectivity index (χ3n) is 23.3. The first-order valence-corrected chi connectivity index (χ1v) is 53.7. The molecule has 15 aromatic rings. The molecular formula is C111H147Cl5N30. The van der Waals surface area contributed by atoms with Crippen molar-refractivity contribution in [1.82, 2.24) is 74.8 Å². The summed E-state index contributed by atoms with van der Waals surface area (Å²) in [6, 6.07) is 48.8. The molecule has 0 fully saturated rings. The van der Waals surface area contributed by atoms with Gasteiger partial charge in [0.15, 0.2) is 0 Å². The van der Waals surface area contributed by atoms with E-state index < -0.39 is 0 Å². The number of hydrogen-bond acceptors (Lipinski definition) is 30. The lowest BCUT2D eigenvalue weighted by molar-refractivity contribution is 0.644. The van der Waals surface area contributed by atoms with Crippen LogP contribution in [0.2, 0.25) is 25.1 Å². The van der Waals surface area contributed by atoms with Crippen molar-refractivity contribution >= 4 is 200 Å². The molecule has 0 spiro atoms. The zero-order valence-corrected chi connectivity index (χ0v) is 90.2. The molecule has 0 amide bonds. The highest BCUT2D eigenvalue weighted by atomic mass is 35.5. The maximum Gasteiger partial charge on any atom is 0.224 e. The number of nitrogens with zero attached hydrogens (tertiary/aromatic N) is 15. The van der Waals surface area contributed by atoms with Gasteiger partial charge in [-0.1, -0.05) is 157 Å². The van der Waals surface area contributed by atoms with E-state index in [-0.39, 0.29) is 0 Å². The minimum atomic E-state index is 0.689. The van der Waals surface area contributed by atoms with Crippen LogP contribution in [0.15, 0.2) is 183 Å². The highest BCUT2D eigenvalue weighted by Gasteiger charge is 2.14. The maximum atomic E-state index is 6.06. The second-order valence-corrected chi connectivity index (χ2v) is 37.9. The largest absolute Gasteiger partial charge is 0.384 e. The van der Waals surface area contributed by atoms with Crippen molar-refractivity contribution in [1.29, 1.82) is 0 Å². The monoisotopic (exact) mass is 2080 g/mol. The van der Waals surface area contributed by atoms with E-state index in [1.165, 1.54) is 57.8 Å². The molecule has 5 aromatic carbocycles. The molecule has 776 valence electrons. The zero-order chi connectivity index (χ0) is 103. The lowest BCUT2D eigenvalue weighted by Gasteiger charge is -2.12. The molecule has 0 aliphatic heterocycles. The number of benzene rings is 5. The highest BCUT2D eigenvalue weighted by Crippen LogP contribution is 2.31. The minimum absolute atomic E-state index is 0.689. The summed E-state index contributed by atoms with van der Waals surface area (Å²) in [6.45, 7) is 33.7. The van der Waals surface area contributed by atoms with Gasteiger partial charge in [-0.15, -0.1) is 0 Å². The summed E-state index contributed by atoms with van der Waals surface area (Å²) in [7, 11) is 0. The number of unbranched alkanes of at least 4 members (excludes halogenated alkanes) is 13. The van der Waals surface area contributed by atoms with Crippen molar-refractivity contribution in [2.75, 3.05) is 178 Å². The van der Waals surface area contributed by atoms with E-state index in [1.54, 1.807) is 12.4 Å². The van der Waals surface area contributed by atoms with Crippen molar-refractivity contribution < 1.29 is 0 Å². The maximum absolute atomic E-state index is 6.06. The van der Waals surface area contributed by atoms with Crippen molar-refractivity contribution in [3.05, 3.63) is 236 Å². The molecule has 30 nitrogen and oxygen atoms in total. The van der Waals surface area contributed by atoms with Gasteiger partial charge in [-0.2, -0.15) is 24.9 Å². The van der Waals surface area contributed by atoms with Crippen molar-refractivity contribution in [2.24, 2.45) is 0 Å². The zero-order valence-electron chi connectivity index (χ0n) is 86.4. The van der Waals surface area contributed by atoms with Gasteiger partial charge in [0.25, 0.3) is 0 Å². The number of pyridine rings is 5. The molecule has 0 aliphatic carbocycles. The van der Waals surface area contributed by atoms with Crippen LogP contribution in [0.1, 0.15) is 198 Å². The predicted molar refractivity (Wildman–Crippen MR) is 620 cm³/mol. The Morgan fingerprint density at radius 1 is 0.178 bits per heavy atom. The van der Waals surface area contributed by atoms with Crippen LogP contribution >= 0.6 is 58.0 Å². The second kappa shape index (κ2) is 64.1. The Morgan fingerprint density at radius 3 is 0.630 bits per heavy atom. The van der Waals surface area contributed by atoms with Crippen molar-refractivity contribution in [2.45, 2.75) is 204 Å². The van der Waals surface area contributed by atoms with E-state index in [0.717, 1.165) is 316 Å². The molecule has 10 heterocycles. The van der Waals surface area contributed by atoms with Gasteiger partial charge in [-0.3, -0.25) is 24.9 Å². The fourth-order valence-electron chi connectivity index (χ4n) is 15.8. The fraction of sp³-hybridized carbons (Fsp3) is 0.414. The molecule has 0 radical (unpaired) electrons. The Kier molecular flexibility index (Phi) is 49.7. The van der Waals surface area contributed by atoms with Gasteiger partial charge in [-0.25, -0.2) is 24.9 Å². The van der Waals surface area contributed by atoms with Gasteiger partial charge in [0.2, 0.25) is 29.7 Å². The molecule has 0 unspecified atom stereocenters. The van der Waals surface area contributed by atoms with Crippen LogP contribution in [0, 0.1) is 34.6 Å². The third-order valence-corrected chi connectivity index (χ3v) is 24.4. The SMILES string of the molecule is CCCCCCCNc1nc(C)cc(NCCNc2ccnc3cc(Cl)ccc23)n1.CCCCCCNc1nc(C)cc(NCCNc2ccnc3cc(Cl)ccc23)n1.CCCCCNc1nc(C)cc(NCCCCNc2ccnc3cc(Cl)ccc23)n1.CCCCNc1nc(C)cc(NCCCCNc2ccnc3cc(Cl)ccc23)n1.CCCNc1nc(C)cc(NCCCCNc2ccnc3cc(Cl)ccc23)n1. The number of aromatic nitrogens is 15. The first-order chi connectivity index (χ1) is 71.3.